The number of nitriles is 1. The summed E-state index contributed by atoms with van der Waals surface area (Å²) in [7, 11) is 0. The van der Waals surface area contributed by atoms with Crippen molar-refractivity contribution in [2.45, 2.75) is 6.92 Å². The van der Waals surface area contributed by atoms with Crippen molar-refractivity contribution in [2.24, 2.45) is 0 Å². The first-order valence-electron chi connectivity index (χ1n) is 5.19. The molecule has 0 aliphatic rings. The highest BCUT2D eigenvalue weighted by atomic mass is 35.5. The number of hydrogen-bond donors (Lipinski definition) is 1. The third-order valence-electron chi connectivity index (χ3n) is 2.31. The third-order valence-corrected chi connectivity index (χ3v) is 2.70. The van der Waals surface area contributed by atoms with Crippen LogP contribution in [0.3, 0.4) is 0 Å². The van der Waals surface area contributed by atoms with Crippen molar-refractivity contribution in [2.75, 3.05) is 5.32 Å². The SMILES string of the molecule is Cc1cc(F)cc(Nc2nccc(C#N)c2Cl)c1. The smallest absolute Gasteiger partial charge is 0.150 e. The molecule has 0 aliphatic carbocycles. The lowest BCUT2D eigenvalue weighted by molar-refractivity contribution is 0.627. The molecule has 0 aliphatic heterocycles. The van der Waals surface area contributed by atoms with Gasteiger partial charge in [0, 0.05) is 11.9 Å². The lowest BCUT2D eigenvalue weighted by atomic mass is 10.2. The zero-order valence-electron chi connectivity index (χ0n) is 9.54. The van der Waals surface area contributed by atoms with E-state index in [0.717, 1.165) is 5.56 Å². The van der Waals surface area contributed by atoms with E-state index in [-0.39, 0.29) is 10.8 Å². The highest BCUT2D eigenvalue weighted by Crippen LogP contribution is 2.26. The summed E-state index contributed by atoms with van der Waals surface area (Å²) < 4.78 is 13.2. The summed E-state index contributed by atoms with van der Waals surface area (Å²) in [4.78, 5) is 4.02. The van der Waals surface area contributed by atoms with Gasteiger partial charge in [-0.3, -0.25) is 0 Å². The van der Waals surface area contributed by atoms with E-state index in [1.165, 1.54) is 24.4 Å². The highest BCUT2D eigenvalue weighted by molar-refractivity contribution is 6.34. The van der Waals surface area contributed by atoms with Crippen LogP contribution >= 0.6 is 11.6 Å². The first-order chi connectivity index (χ1) is 8.60. The van der Waals surface area contributed by atoms with Gasteiger partial charge >= 0.3 is 0 Å². The second kappa shape index (κ2) is 5.03. The second-order valence-corrected chi connectivity index (χ2v) is 4.15. The van der Waals surface area contributed by atoms with E-state index in [4.69, 9.17) is 16.9 Å². The van der Waals surface area contributed by atoms with Crippen LogP contribution in [0.1, 0.15) is 11.1 Å². The molecular weight excluding hydrogens is 253 g/mol. The fourth-order valence-corrected chi connectivity index (χ4v) is 1.76. The molecular formula is C13H9ClFN3. The summed E-state index contributed by atoms with van der Waals surface area (Å²) in [6, 6.07) is 8.00. The van der Waals surface area contributed by atoms with Crippen LogP contribution in [0.4, 0.5) is 15.9 Å². The molecule has 5 heteroatoms. The summed E-state index contributed by atoms with van der Waals surface area (Å²) in [6.07, 6.45) is 1.47. The molecule has 0 unspecified atom stereocenters. The van der Waals surface area contributed by atoms with Crippen LogP contribution in [0.2, 0.25) is 5.02 Å². The molecule has 90 valence electrons. The Morgan fingerprint density at radius 3 is 2.83 bits per heavy atom. The minimum absolute atomic E-state index is 0.224. The highest BCUT2D eigenvalue weighted by Gasteiger charge is 2.08. The molecule has 2 rings (SSSR count). The first kappa shape index (κ1) is 12.3. The molecule has 0 saturated heterocycles. The second-order valence-electron chi connectivity index (χ2n) is 3.78. The molecule has 1 aromatic carbocycles. The molecule has 1 aromatic heterocycles. The quantitative estimate of drug-likeness (QED) is 0.895. The topological polar surface area (TPSA) is 48.7 Å². The van der Waals surface area contributed by atoms with Gasteiger partial charge in [0.1, 0.15) is 16.9 Å². The first-order valence-corrected chi connectivity index (χ1v) is 5.57. The number of nitrogens with zero attached hydrogens (tertiary/aromatic N) is 2. The number of aromatic nitrogens is 1. The molecule has 0 amide bonds. The largest absolute Gasteiger partial charge is 0.339 e. The van der Waals surface area contributed by atoms with Crippen molar-refractivity contribution in [3.8, 4) is 6.07 Å². The summed E-state index contributed by atoms with van der Waals surface area (Å²) in [6.45, 7) is 1.79. The normalized spacial score (nSPS) is 9.89. The van der Waals surface area contributed by atoms with Gasteiger partial charge < -0.3 is 5.32 Å². The monoisotopic (exact) mass is 261 g/mol. The van der Waals surface area contributed by atoms with E-state index >= 15 is 0 Å². The number of halogens is 2. The van der Waals surface area contributed by atoms with Crippen LogP contribution in [0, 0.1) is 24.1 Å². The Bertz CT molecular complexity index is 614. The Kier molecular flexibility index (Phi) is 3.45. The number of hydrogen-bond acceptors (Lipinski definition) is 3. The molecule has 1 N–H and O–H groups in total. The summed E-state index contributed by atoms with van der Waals surface area (Å²) in [5, 5.41) is 12.0. The fraction of sp³-hybridized carbons (Fsp3) is 0.0769. The summed E-state index contributed by atoms with van der Waals surface area (Å²) in [5.74, 6) is -0.00854. The van der Waals surface area contributed by atoms with Gasteiger partial charge in [-0.1, -0.05) is 11.6 Å². The Balaban J connectivity index is 2.37. The van der Waals surface area contributed by atoms with E-state index < -0.39 is 0 Å². The minimum Gasteiger partial charge on any atom is -0.339 e. The van der Waals surface area contributed by atoms with Gasteiger partial charge in [0.05, 0.1) is 5.56 Å². The number of nitrogens with one attached hydrogen (secondary N) is 1. The minimum atomic E-state index is -0.343. The van der Waals surface area contributed by atoms with Crippen molar-refractivity contribution in [3.05, 3.63) is 52.4 Å². The predicted molar refractivity (Wildman–Crippen MR) is 68.4 cm³/mol. The summed E-state index contributed by atoms with van der Waals surface area (Å²) in [5.41, 5.74) is 1.64. The van der Waals surface area contributed by atoms with Crippen molar-refractivity contribution in [1.82, 2.24) is 4.98 Å². The number of rotatable bonds is 2. The molecule has 0 fully saturated rings. The van der Waals surface area contributed by atoms with E-state index in [0.29, 0.717) is 17.1 Å². The molecule has 2 aromatic rings. The Morgan fingerprint density at radius 2 is 2.17 bits per heavy atom. The predicted octanol–water partition coefficient (Wildman–Crippen LogP) is 3.80. The lowest BCUT2D eigenvalue weighted by Gasteiger charge is -2.08. The Labute approximate surface area is 109 Å². The molecule has 0 bridgehead atoms. The Hall–Kier alpha value is -2.12. The van der Waals surface area contributed by atoms with E-state index in [1.807, 2.05) is 6.07 Å². The molecule has 0 radical (unpaired) electrons. The van der Waals surface area contributed by atoms with Gasteiger partial charge in [0.25, 0.3) is 0 Å². The van der Waals surface area contributed by atoms with Crippen molar-refractivity contribution >= 4 is 23.1 Å². The average molecular weight is 262 g/mol. The number of anilines is 2. The molecule has 0 atom stereocenters. The van der Waals surface area contributed by atoms with Crippen LogP contribution in [-0.4, -0.2) is 4.98 Å². The standard InChI is InChI=1S/C13H9ClFN3/c1-8-4-10(15)6-11(5-8)18-13-12(14)9(7-16)2-3-17-13/h2-6H,1H3,(H,17,18). The van der Waals surface area contributed by atoms with Crippen LogP contribution in [0.15, 0.2) is 30.5 Å². The zero-order chi connectivity index (χ0) is 13.1. The average Bonchev–Trinajstić information content (AvgIpc) is 2.30. The maximum Gasteiger partial charge on any atom is 0.150 e. The van der Waals surface area contributed by atoms with Gasteiger partial charge in [0.2, 0.25) is 0 Å². The van der Waals surface area contributed by atoms with Crippen LogP contribution in [0.25, 0.3) is 0 Å². The van der Waals surface area contributed by atoms with E-state index in [9.17, 15) is 4.39 Å². The molecule has 0 spiro atoms. The fourth-order valence-electron chi connectivity index (χ4n) is 1.56. The van der Waals surface area contributed by atoms with Gasteiger partial charge in [-0.25, -0.2) is 9.37 Å². The van der Waals surface area contributed by atoms with Crippen LogP contribution in [0.5, 0.6) is 0 Å². The van der Waals surface area contributed by atoms with Gasteiger partial charge in [-0.05, 0) is 36.8 Å². The molecule has 3 nitrogen and oxygen atoms in total. The van der Waals surface area contributed by atoms with E-state index in [2.05, 4.69) is 10.3 Å². The van der Waals surface area contributed by atoms with Gasteiger partial charge in [-0.15, -0.1) is 0 Å². The van der Waals surface area contributed by atoms with Crippen molar-refractivity contribution < 1.29 is 4.39 Å². The number of benzene rings is 1. The van der Waals surface area contributed by atoms with Gasteiger partial charge in [0.15, 0.2) is 5.82 Å². The maximum atomic E-state index is 13.2. The number of pyridine rings is 1. The van der Waals surface area contributed by atoms with Crippen molar-refractivity contribution in [1.29, 1.82) is 5.26 Å². The van der Waals surface area contributed by atoms with E-state index in [1.54, 1.807) is 13.0 Å². The van der Waals surface area contributed by atoms with Gasteiger partial charge in [-0.2, -0.15) is 5.26 Å². The van der Waals surface area contributed by atoms with Crippen molar-refractivity contribution in [3.63, 3.8) is 0 Å². The maximum absolute atomic E-state index is 13.2. The third kappa shape index (κ3) is 2.58. The zero-order valence-corrected chi connectivity index (χ0v) is 10.3. The Morgan fingerprint density at radius 1 is 1.39 bits per heavy atom. The van der Waals surface area contributed by atoms with Crippen LogP contribution < -0.4 is 5.32 Å². The number of aryl methyl sites for hydroxylation is 1. The molecule has 1 heterocycles. The summed E-state index contributed by atoms with van der Waals surface area (Å²) >= 11 is 6.00. The molecule has 18 heavy (non-hydrogen) atoms. The lowest BCUT2D eigenvalue weighted by Crippen LogP contribution is -1.97. The molecule has 0 saturated carbocycles. The van der Waals surface area contributed by atoms with Crippen LogP contribution in [-0.2, 0) is 0 Å².